The highest BCUT2D eigenvalue weighted by Gasteiger charge is 2.44. The lowest BCUT2D eigenvalue weighted by molar-refractivity contribution is -0.132. The highest BCUT2D eigenvalue weighted by atomic mass is 16.3. The van der Waals surface area contributed by atoms with Gasteiger partial charge in [0.25, 0.3) is 5.91 Å². The van der Waals surface area contributed by atoms with Gasteiger partial charge in [-0.1, -0.05) is 74.2 Å². The molecule has 1 aromatic heterocycles. The molecule has 0 spiro atoms. The van der Waals surface area contributed by atoms with Gasteiger partial charge >= 0.3 is 0 Å². The first kappa shape index (κ1) is 31.8. The number of furan rings is 1. The van der Waals surface area contributed by atoms with E-state index < -0.39 is 17.5 Å². The van der Waals surface area contributed by atoms with Gasteiger partial charge in [-0.05, 0) is 62.6 Å². The molecule has 0 saturated heterocycles. The number of hydrogen-bond donors (Lipinski definition) is 5. The summed E-state index contributed by atoms with van der Waals surface area (Å²) in [5.74, 6) is -1.16. The molecule has 46 heavy (non-hydrogen) atoms. The van der Waals surface area contributed by atoms with Crippen LogP contribution in [-0.4, -0.2) is 53.3 Å². The van der Waals surface area contributed by atoms with Crippen molar-refractivity contribution in [1.82, 2.24) is 21.3 Å². The van der Waals surface area contributed by atoms with Crippen LogP contribution >= 0.6 is 0 Å². The van der Waals surface area contributed by atoms with Gasteiger partial charge in [0, 0.05) is 35.9 Å². The van der Waals surface area contributed by atoms with E-state index in [1.54, 1.807) is 12.1 Å². The molecule has 0 aliphatic heterocycles. The maximum atomic E-state index is 14.0. The van der Waals surface area contributed by atoms with Gasteiger partial charge in [-0.15, -0.1) is 0 Å². The van der Waals surface area contributed by atoms with Gasteiger partial charge in [0.1, 0.15) is 17.2 Å². The second-order valence-electron chi connectivity index (χ2n) is 13.4. The van der Waals surface area contributed by atoms with Crippen LogP contribution in [0.5, 0.6) is 0 Å². The van der Waals surface area contributed by atoms with Crippen molar-refractivity contribution in [2.24, 2.45) is 11.7 Å². The second-order valence-corrected chi connectivity index (χ2v) is 13.4. The molecule has 6 rings (SSSR count). The summed E-state index contributed by atoms with van der Waals surface area (Å²) < 4.78 is 5.77. The predicted octanol–water partition coefficient (Wildman–Crippen LogP) is 3.87. The first-order valence-corrected chi connectivity index (χ1v) is 16.8. The van der Waals surface area contributed by atoms with Crippen LogP contribution in [0.1, 0.15) is 86.7 Å². The van der Waals surface area contributed by atoms with E-state index in [1.807, 2.05) is 48.5 Å². The molecule has 3 aliphatic carbocycles. The van der Waals surface area contributed by atoms with E-state index in [0.717, 1.165) is 49.5 Å². The fraction of sp³-hybridized carbons (Fsp3) is 0.500. The molecular weight excluding hydrogens is 582 g/mol. The van der Waals surface area contributed by atoms with Gasteiger partial charge < -0.3 is 31.4 Å². The van der Waals surface area contributed by atoms with Gasteiger partial charge in [-0.2, -0.15) is 0 Å². The van der Waals surface area contributed by atoms with E-state index in [2.05, 4.69) is 21.3 Å². The van der Waals surface area contributed by atoms with Crippen LogP contribution < -0.4 is 27.0 Å². The topological polar surface area (TPSA) is 156 Å². The number of fused-ring (bicyclic) bond motifs is 1. The minimum absolute atomic E-state index is 0.00981. The first-order valence-electron chi connectivity index (χ1n) is 16.8. The Bertz CT molecular complexity index is 1520. The summed E-state index contributed by atoms with van der Waals surface area (Å²) in [5.41, 5.74) is 6.60. The monoisotopic (exact) mass is 627 g/mol. The van der Waals surface area contributed by atoms with Gasteiger partial charge in [0.15, 0.2) is 5.76 Å². The number of para-hydroxylation sites is 1. The molecule has 0 bridgehead atoms. The molecule has 4 amide bonds. The van der Waals surface area contributed by atoms with E-state index in [0.29, 0.717) is 44.1 Å². The van der Waals surface area contributed by atoms with E-state index >= 15 is 0 Å². The second kappa shape index (κ2) is 14.1. The van der Waals surface area contributed by atoms with E-state index in [1.165, 1.54) is 0 Å². The summed E-state index contributed by atoms with van der Waals surface area (Å²) in [7, 11) is 0. The zero-order valence-corrected chi connectivity index (χ0v) is 26.3. The molecular formula is C36H45N5O5. The Morgan fingerprint density at radius 2 is 1.61 bits per heavy atom. The summed E-state index contributed by atoms with van der Waals surface area (Å²) >= 11 is 0. The van der Waals surface area contributed by atoms with Crippen molar-refractivity contribution in [3.63, 3.8) is 0 Å². The quantitative estimate of drug-likeness (QED) is 0.230. The number of carbonyl (C=O) groups is 4. The summed E-state index contributed by atoms with van der Waals surface area (Å²) in [6.45, 7) is 0. The van der Waals surface area contributed by atoms with Crippen molar-refractivity contribution in [3.8, 4) is 0 Å². The standard InChI is InChI=1S/C36H45N5O5/c37-27-13-5-6-14-28(27)39-32(42)25-16-17-26(21-25)38-33(43)29(20-23-10-2-1-3-11-23)40-35(45)36(18-8-9-19-36)41-34(44)31-22-24-12-4-7-15-30(24)46-31/h1-4,7,10-12,15,22,25-29H,5-6,8-9,13-14,16-21,37H2,(H,38,43)(H,39,42)(H,40,45)(H,41,44)/t25-,26+,27+,28+,29-/m1/s1. The van der Waals surface area contributed by atoms with Crippen LogP contribution in [0, 0.1) is 5.92 Å². The normalized spacial score (nSPS) is 24.6. The maximum Gasteiger partial charge on any atom is 0.287 e. The van der Waals surface area contributed by atoms with Crippen LogP contribution in [0.3, 0.4) is 0 Å². The average Bonchev–Trinajstić information content (AvgIpc) is 3.83. The van der Waals surface area contributed by atoms with Gasteiger partial charge in [-0.25, -0.2) is 0 Å². The van der Waals surface area contributed by atoms with Crippen LogP contribution in [0.4, 0.5) is 0 Å². The Morgan fingerprint density at radius 1 is 0.870 bits per heavy atom. The third kappa shape index (κ3) is 7.28. The molecule has 3 fully saturated rings. The van der Waals surface area contributed by atoms with Crippen molar-refractivity contribution >= 4 is 34.6 Å². The lowest BCUT2D eigenvalue weighted by Gasteiger charge is -2.31. The fourth-order valence-electron chi connectivity index (χ4n) is 7.41. The third-order valence-corrected chi connectivity index (χ3v) is 10.1. The predicted molar refractivity (Wildman–Crippen MR) is 175 cm³/mol. The number of carbonyl (C=O) groups excluding carboxylic acids is 4. The number of rotatable bonds is 10. The minimum atomic E-state index is -1.15. The Morgan fingerprint density at radius 3 is 2.37 bits per heavy atom. The van der Waals surface area contributed by atoms with Crippen LogP contribution in [0.15, 0.2) is 65.1 Å². The lowest BCUT2D eigenvalue weighted by atomic mass is 9.90. The molecule has 10 heteroatoms. The van der Waals surface area contributed by atoms with Crippen molar-refractivity contribution in [3.05, 3.63) is 72.0 Å². The molecule has 2 aromatic carbocycles. The zero-order valence-electron chi connectivity index (χ0n) is 26.3. The Balaban J connectivity index is 1.12. The number of hydrogen-bond acceptors (Lipinski definition) is 6. The molecule has 0 unspecified atom stereocenters. The summed E-state index contributed by atoms with van der Waals surface area (Å²) in [4.78, 5) is 54.2. The summed E-state index contributed by atoms with van der Waals surface area (Å²) in [6, 6.07) is 17.6. The Labute approximate surface area is 269 Å². The van der Waals surface area contributed by atoms with Crippen LogP contribution in [0.25, 0.3) is 11.0 Å². The Hall–Kier alpha value is -4.18. The van der Waals surface area contributed by atoms with E-state index in [9.17, 15) is 19.2 Å². The molecule has 3 saturated carbocycles. The fourth-order valence-corrected chi connectivity index (χ4v) is 7.41. The largest absolute Gasteiger partial charge is 0.451 e. The molecule has 1 heterocycles. The highest BCUT2D eigenvalue weighted by Crippen LogP contribution is 2.32. The van der Waals surface area contributed by atoms with Crippen molar-refractivity contribution in [2.45, 2.75) is 107 Å². The Kier molecular flexibility index (Phi) is 9.72. The number of nitrogens with one attached hydrogen (secondary N) is 4. The number of benzene rings is 2. The summed E-state index contributed by atoms with van der Waals surface area (Å²) in [6.07, 6.45) is 8.70. The minimum Gasteiger partial charge on any atom is -0.451 e. The third-order valence-electron chi connectivity index (χ3n) is 10.1. The maximum absolute atomic E-state index is 14.0. The molecule has 5 atom stereocenters. The molecule has 244 valence electrons. The number of amides is 4. The van der Waals surface area contributed by atoms with Crippen LogP contribution in [-0.2, 0) is 20.8 Å². The lowest BCUT2D eigenvalue weighted by Crippen LogP contribution is -2.61. The molecule has 3 aliphatic rings. The van der Waals surface area contributed by atoms with Gasteiger partial charge in [0.2, 0.25) is 17.7 Å². The molecule has 6 N–H and O–H groups in total. The molecule has 10 nitrogen and oxygen atoms in total. The molecule has 0 radical (unpaired) electrons. The van der Waals surface area contributed by atoms with Crippen LogP contribution in [0.2, 0.25) is 0 Å². The van der Waals surface area contributed by atoms with E-state index in [4.69, 9.17) is 10.2 Å². The average molecular weight is 628 g/mol. The van der Waals surface area contributed by atoms with Gasteiger partial charge in [-0.3, -0.25) is 19.2 Å². The van der Waals surface area contributed by atoms with Crippen molar-refractivity contribution in [1.29, 1.82) is 0 Å². The SMILES string of the molecule is N[C@H]1CCCC[C@@H]1NC(=O)[C@@H]1CC[C@H](NC(=O)[C@@H](Cc2ccccc2)NC(=O)C2(NC(=O)c3cc4ccccc4o3)CCCC2)C1. The van der Waals surface area contributed by atoms with Crippen molar-refractivity contribution in [2.75, 3.05) is 0 Å². The van der Waals surface area contributed by atoms with E-state index in [-0.39, 0.29) is 47.5 Å². The van der Waals surface area contributed by atoms with Gasteiger partial charge in [0.05, 0.1) is 0 Å². The first-order chi connectivity index (χ1) is 22.3. The number of nitrogens with two attached hydrogens (primary N) is 1. The summed E-state index contributed by atoms with van der Waals surface area (Å²) in [5, 5.41) is 13.1. The molecule has 3 aromatic rings. The van der Waals surface area contributed by atoms with Crippen molar-refractivity contribution < 1.29 is 23.6 Å². The smallest absolute Gasteiger partial charge is 0.287 e. The zero-order chi connectivity index (χ0) is 32.1. The highest BCUT2D eigenvalue weighted by molar-refractivity contribution is 6.01.